The summed E-state index contributed by atoms with van der Waals surface area (Å²) in [6.45, 7) is 14.5. The lowest BCUT2D eigenvalue weighted by atomic mass is 9.79. The molecule has 0 saturated heterocycles. The van der Waals surface area contributed by atoms with Crippen molar-refractivity contribution in [1.29, 1.82) is 0 Å². The van der Waals surface area contributed by atoms with Crippen LogP contribution in [0.1, 0.15) is 52.3 Å². The van der Waals surface area contributed by atoms with Gasteiger partial charge in [0.2, 0.25) is 0 Å². The molecule has 4 rings (SSSR count). The van der Waals surface area contributed by atoms with Crippen molar-refractivity contribution in [2.45, 2.75) is 47.0 Å². The molecule has 0 aromatic heterocycles. The van der Waals surface area contributed by atoms with Crippen LogP contribution in [0.25, 0.3) is 12.2 Å². The zero-order chi connectivity index (χ0) is 17.2. The molecule has 1 aliphatic carbocycles. The number of aryl methyl sites for hydroxylation is 2. The minimum atomic E-state index is 1.05. The van der Waals surface area contributed by atoms with Gasteiger partial charge in [-0.05, 0) is 108 Å². The fourth-order valence-electron chi connectivity index (χ4n) is 4.77. The maximum absolute atomic E-state index is 4.30. The third-order valence-corrected chi connectivity index (χ3v) is 6.31. The van der Waals surface area contributed by atoms with Crippen LogP contribution < -0.4 is 15.3 Å². The number of benzene rings is 2. The van der Waals surface area contributed by atoms with E-state index < -0.39 is 0 Å². The van der Waals surface area contributed by atoms with Crippen molar-refractivity contribution in [2.24, 2.45) is 0 Å². The number of anilines is 1. The van der Waals surface area contributed by atoms with Crippen molar-refractivity contribution in [1.82, 2.24) is 0 Å². The van der Waals surface area contributed by atoms with E-state index in [0.717, 1.165) is 6.42 Å². The molecule has 2 aromatic rings. The summed E-state index contributed by atoms with van der Waals surface area (Å²) in [6, 6.07) is 4.83. The van der Waals surface area contributed by atoms with Gasteiger partial charge < -0.3 is 4.90 Å². The molecule has 2 aromatic carbocycles. The molecule has 1 aliphatic heterocycles. The summed E-state index contributed by atoms with van der Waals surface area (Å²) in [7, 11) is 2.24. The van der Waals surface area contributed by atoms with Gasteiger partial charge in [-0.1, -0.05) is 12.6 Å². The summed E-state index contributed by atoms with van der Waals surface area (Å²) in [5.74, 6) is 0. The second-order valence-corrected chi connectivity index (χ2v) is 7.69. The molecule has 1 heteroatoms. The number of hydrogen-bond acceptors (Lipinski definition) is 1. The molecule has 0 N–H and O–H groups in total. The minimum Gasteiger partial charge on any atom is -0.374 e. The Balaban J connectivity index is 2.08. The number of nitrogens with zero attached hydrogens (tertiary/aromatic N) is 1. The molecule has 0 atom stereocenters. The topological polar surface area (TPSA) is 3.24 Å². The van der Waals surface area contributed by atoms with Crippen LogP contribution in [-0.4, -0.2) is 13.6 Å². The van der Waals surface area contributed by atoms with Gasteiger partial charge in [0.1, 0.15) is 0 Å². The third-order valence-electron chi connectivity index (χ3n) is 6.31. The molecule has 0 saturated carbocycles. The van der Waals surface area contributed by atoms with Crippen LogP contribution in [-0.2, 0) is 12.8 Å². The lowest BCUT2D eigenvalue weighted by Crippen LogP contribution is -2.30. The average Bonchev–Trinajstić information content (AvgIpc) is 2.55. The molecule has 0 amide bonds. The Morgan fingerprint density at radius 3 is 2.50 bits per heavy atom. The number of hydrogen-bond donors (Lipinski definition) is 0. The van der Waals surface area contributed by atoms with Crippen LogP contribution in [0.15, 0.2) is 12.1 Å². The van der Waals surface area contributed by atoms with Crippen LogP contribution in [0.3, 0.4) is 0 Å². The molecule has 0 bridgehead atoms. The molecule has 0 unspecified atom stereocenters. The maximum atomic E-state index is 4.30. The first-order valence-electron chi connectivity index (χ1n) is 9.06. The molecule has 1 nitrogen and oxygen atoms in total. The SMILES string of the molecule is C=c1c(C)cc2c(c1C)Cc1c(cc3c(c1C)N(C)CCC3)C=2C. The molecule has 0 radical (unpaired) electrons. The van der Waals surface area contributed by atoms with Crippen molar-refractivity contribution in [3.8, 4) is 0 Å². The normalized spacial score (nSPS) is 15.9. The smallest absolute Gasteiger partial charge is 0.0429 e. The Morgan fingerprint density at radius 1 is 1.00 bits per heavy atom. The van der Waals surface area contributed by atoms with Gasteiger partial charge >= 0.3 is 0 Å². The Morgan fingerprint density at radius 2 is 1.75 bits per heavy atom. The molecule has 1 heterocycles. The van der Waals surface area contributed by atoms with Gasteiger partial charge in [-0.2, -0.15) is 0 Å². The molecule has 2 aliphatic rings. The lowest BCUT2D eigenvalue weighted by molar-refractivity contribution is 0.739. The standard InChI is InChI=1S/C23H27N/c1-13-10-19-16(4)20-11-18-8-7-9-24(6)23(18)17(5)22(20)12-21(19)15(3)14(13)2/h10-11H,2,7-9,12H2,1,3-6H3. The Labute approximate surface area is 145 Å². The van der Waals surface area contributed by atoms with E-state index in [2.05, 4.69) is 58.4 Å². The van der Waals surface area contributed by atoms with Crippen molar-refractivity contribution in [3.05, 3.63) is 61.5 Å². The van der Waals surface area contributed by atoms with Gasteiger partial charge in [-0.25, -0.2) is 0 Å². The van der Waals surface area contributed by atoms with Crippen molar-refractivity contribution in [3.63, 3.8) is 0 Å². The predicted molar refractivity (Wildman–Crippen MR) is 104 cm³/mol. The van der Waals surface area contributed by atoms with Crippen molar-refractivity contribution >= 4 is 17.8 Å². The maximum Gasteiger partial charge on any atom is 0.0429 e. The highest BCUT2D eigenvalue weighted by molar-refractivity contribution is 5.78. The van der Waals surface area contributed by atoms with Crippen LogP contribution in [0.4, 0.5) is 5.69 Å². The van der Waals surface area contributed by atoms with E-state index in [1.807, 2.05) is 0 Å². The first kappa shape index (κ1) is 15.5. The Hall–Kier alpha value is -2.02. The Kier molecular flexibility index (Phi) is 3.38. The fraction of sp³-hybridized carbons (Fsp3) is 0.391. The van der Waals surface area contributed by atoms with E-state index in [9.17, 15) is 0 Å². The summed E-state index contributed by atoms with van der Waals surface area (Å²) >= 11 is 0. The highest BCUT2D eigenvalue weighted by Crippen LogP contribution is 2.38. The highest BCUT2D eigenvalue weighted by atomic mass is 15.1. The molecule has 24 heavy (non-hydrogen) atoms. The van der Waals surface area contributed by atoms with Crippen LogP contribution in [0, 0.1) is 20.8 Å². The monoisotopic (exact) mass is 317 g/mol. The third kappa shape index (κ3) is 2.00. The predicted octanol–water partition coefficient (Wildman–Crippen LogP) is 3.53. The Bertz CT molecular complexity index is 979. The number of rotatable bonds is 0. The van der Waals surface area contributed by atoms with Gasteiger partial charge in [0, 0.05) is 19.3 Å². The molecular weight excluding hydrogens is 290 g/mol. The lowest BCUT2D eigenvalue weighted by Gasteiger charge is -2.33. The summed E-state index contributed by atoms with van der Waals surface area (Å²) in [6.07, 6.45) is 3.52. The quantitative estimate of drug-likeness (QED) is 0.718. The zero-order valence-corrected chi connectivity index (χ0v) is 15.6. The summed E-state index contributed by atoms with van der Waals surface area (Å²) in [5.41, 5.74) is 13.1. The summed E-state index contributed by atoms with van der Waals surface area (Å²) in [5, 5.41) is 2.64. The zero-order valence-electron chi connectivity index (χ0n) is 15.6. The van der Waals surface area contributed by atoms with Gasteiger partial charge in [-0.3, -0.25) is 0 Å². The van der Waals surface area contributed by atoms with Gasteiger partial charge in [0.05, 0.1) is 0 Å². The van der Waals surface area contributed by atoms with Gasteiger partial charge in [-0.15, -0.1) is 0 Å². The fourth-order valence-corrected chi connectivity index (χ4v) is 4.77. The highest BCUT2D eigenvalue weighted by Gasteiger charge is 2.25. The molecule has 0 spiro atoms. The molecule has 0 fully saturated rings. The second-order valence-electron chi connectivity index (χ2n) is 7.69. The summed E-state index contributed by atoms with van der Waals surface area (Å²) in [4.78, 5) is 2.45. The van der Waals surface area contributed by atoms with E-state index in [1.54, 1.807) is 0 Å². The van der Waals surface area contributed by atoms with E-state index in [4.69, 9.17) is 0 Å². The average molecular weight is 317 g/mol. The van der Waals surface area contributed by atoms with Gasteiger partial charge in [0.25, 0.3) is 0 Å². The van der Waals surface area contributed by atoms with E-state index in [0.29, 0.717) is 0 Å². The first-order chi connectivity index (χ1) is 11.4. The van der Waals surface area contributed by atoms with Crippen LogP contribution in [0.2, 0.25) is 0 Å². The molecular formula is C23H27N. The van der Waals surface area contributed by atoms with E-state index in [-0.39, 0.29) is 0 Å². The second kappa shape index (κ2) is 5.24. The van der Waals surface area contributed by atoms with E-state index in [1.165, 1.54) is 80.0 Å². The van der Waals surface area contributed by atoms with Crippen LogP contribution in [0.5, 0.6) is 0 Å². The van der Waals surface area contributed by atoms with Crippen LogP contribution >= 0.6 is 0 Å². The van der Waals surface area contributed by atoms with Crippen molar-refractivity contribution in [2.75, 3.05) is 18.5 Å². The number of fused-ring (bicyclic) bond motifs is 3. The van der Waals surface area contributed by atoms with E-state index >= 15 is 0 Å². The van der Waals surface area contributed by atoms with Gasteiger partial charge in [0.15, 0.2) is 0 Å². The first-order valence-corrected chi connectivity index (χ1v) is 9.06. The summed E-state index contributed by atoms with van der Waals surface area (Å²) < 4.78 is 0. The largest absolute Gasteiger partial charge is 0.374 e. The molecule has 124 valence electrons. The minimum absolute atomic E-state index is 1.05. The van der Waals surface area contributed by atoms with Crippen molar-refractivity contribution < 1.29 is 0 Å².